The van der Waals surface area contributed by atoms with Crippen molar-refractivity contribution in [3.63, 3.8) is 0 Å². The molecule has 122 valence electrons. The molecule has 1 fully saturated rings. The maximum Gasteiger partial charge on any atom is 0.276 e. The van der Waals surface area contributed by atoms with Crippen molar-refractivity contribution in [1.82, 2.24) is 0 Å². The summed E-state index contributed by atoms with van der Waals surface area (Å²) in [4.78, 5) is 15.6. The molecule has 22 heavy (non-hydrogen) atoms. The van der Waals surface area contributed by atoms with Gasteiger partial charge in [-0.2, -0.15) is 0 Å². The molecule has 0 unspecified atom stereocenters. The standard InChI is InChI=1S/C14H17Cl4N3O/c1-2-20-6-8-21(9-7-20)12-10(15)4-3-5-11(12)19-13(22)14(16,17)18/h3-5H,2,6-9H2,1H3,(H,19,22)/p+1. The monoisotopic (exact) mass is 384 g/mol. The lowest BCUT2D eigenvalue weighted by Gasteiger charge is -2.34. The molecule has 0 saturated carbocycles. The molecule has 0 radical (unpaired) electrons. The van der Waals surface area contributed by atoms with Gasteiger partial charge in [0.05, 0.1) is 49.1 Å². The van der Waals surface area contributed by atoms with Gasteiger partial charge >= 0.3 is 0 Å². The number of rotatable bonds is 3. The van der Waals surface area contributed by atoms with Crippen molar-refractivity contribution in [3.8, 4) is 0 Å². The number of para-hydroxylation sites is 1. The molecule has 1 aromatic carbocycles. The quantitative estimate of drug-likeness (QED) is 0.783. The molecular weight excluding hydrogens is 368 g/mol. The Hall–Kier alpha value is -0.390. The second-order valence-electron chi connectivity index (χ2n) is 5.18. The Labute approximate surface area is 150 Å². The van der Waals surface area contributed by atoms with Crippen molar-refractivity contribution in [2.45, 2.75) is 10.7 Å². The number of carbonyl (C=O) groups excluding carboxylic acids is 1. The third kappa shape index (κ3) is 4.33. The van der Waals surface area contributed by atoms with E-state index >= 15 is 0 Å². The van der Waals surface area contributed by atoms with Gasteiger partial charge in [0, 0.05) is 0 Å². The lowest BCUT2D eigenvalue weighted by Crippen LogP contribution is -3.14. The van der Waals surface area contributed by atoms with Crippen LogP contribution in [0.3, 0.4) is 0 Å². The van der Waals surface area contributed by atoms with Crippen LogP contribution in [-0.4, -0.2) is 42.4 Å². The predicted octanol–water partition coefficient (Wildman–Crippen LogP) is 2.37. The first kappa shape index (κ1) is 18.0. The first-order chi connectivity index (χ1) is 10.3. The summed E-state index contributed by atoms with van der Waals surface area (Å²) in [5.74, 6) is -0.696. The van der Waals surface area contributed by atoms with E-state index in [1.165, 1.54) is 0 Å². The molecule has 0 bridgehead atoms. The summed E-state index contributed by atoms with van der Waals surface area (Å²) in [5.41, 5.74) is 1.34. The van der Waals surface area contributed by atoms with E-state index in [1.54, 1.807) is 23.1 Å². The van der Waals surface area contributed by atoms with Gasteiger partial charge in [-0.05, 0) is 19.1 Å². The number of amides is 1. The Morgan fingerprint density at radius 2 is 1.95 bits per heavy atom. The third-order valence-corrected chi connectivity index (χ3v) is 4.60. The van der Waals surface area contributed by atoms with Crippen molar-refractivity contribution >= 4 is 63.7 Å². The molecule has 1 amide bonds. The molecule has 0 aromatic heterocycles. The Balaban J connectivity index is 2.22. The summed E-state index contributed by atoms with van der Waals surface area (Å²) >= 11 is 23.2. The minimum absolute atomic E-state index is 0.559. The number of nitrogens with zero attached hydrogens (tertiary/aromatic N) is 1. The zero-order valence-electron chi connectivity index (χ0n) is 12.1. The minimum atomic E-state index is -2.01. The summed E-state index contributed by atoms with van der Waals surface area (Å²) in [6.07, 6.45) is 0. The Kier molecular flexibility index (Phi) is 6.08. The minimum Gasteiger partial charge on any atom is -0.357 e. The van der Waals surface area contributed by atoms with Gasteiger partial charge < -0.3 is 15.1 Å². The zero-order valence-corrected chi connectivity index (χ0v) is 15.2. The van der Waals surface area contributed by atoms with E-state index in [9.17, 15) is 4.79 Å². The van der Waals surface area contributed by atoms with E-state index in [4.69, 9.17) is 46.4 Å². The number of likely N-dealkylation sites (N-methyl/N-ethyl adjacent to an activating group) is 1. The number of carbonyl (C=O) groups is 1. The van der Waals surface area contributed by atoms with Crippen LogP contribution >= 0.6 is 46.4 Å². The van der Waals surface area contributed by atoms with Crippen LogP contribution in [0.15, 0.2) is 18.2 Å². The van der Waals surface area contributed by atoms with Crippen LogP contribution in [-0.2, 0) is 4.79 Å². The SMILES string of the molecule is CC[NH+]1CCN(c2c(Cl)cccc2NC(=O)C(Cl)(Cl)Cl)CC1. The van der Waals surface area contributed by atoms with Crippen molar-refractivity contribution in [2.24, 2.45) is 0 Å². The molecule has 1 aliphatic rings. The van der Waals surface area contributed by atoms with E-state index in [1.807, 2.05) is 0 Å². The highest BCUT2D eigenvalue weighted by Gasteiger charge is 2.32. The summed E-state index contributed by atoms with van der Waals surface area (Å²) in [7, 11) is 0. The highest BCUT2D eigenvalue weighted by Crippen LogP contribution is 2.36. The van der Waals surface area contributed by atoms with Crippen molar-refractivity contribution in [1.29, 1.82) is 0 Å². The Bertz CT molecular complexity index is 539. The number of hydrogen-bond donors (Lipinski definition) is 2. The molecule has 2 rings (SSSR count). The second kappa shape index (κ2) is 7.45. The smallest absolute Gasteiger partial charge is 0.276 e. The fourth-order valence-electron chi connectivity index (χ4n) is 2.53. The summed E-state index contributed by atoms with van der Waals surface area (Å²) in [6.45, 7) is 7.06. The number of nitrogens with one attached hydrogen (secondary N) is 2. The Morgan fingerprint density at radius 3 is 2.50 bits per heavy atom. The summed E-state index contributed by atoms with van der Waals surface area (Å²) in [5, 5.41) is 3.22. The van der Waals surface area contributed by atoms with Gasteiger partial charge in [0.2, 0.25) is 0 Å². The second-order valence-corrected chi connectivity index (χ2v) is 7.87. The number of quaternary nitrogens is 1. The zero-order chi connectivity index (χ0) is 16.3. The first-order valence-electron chi connectivity index (χ1n) is 7.08. The van der Waals surface area contributed by atoms with Crippen LogP contribution < -0.4 is 15.1 Å². The number of hydrogen-bond acceptors (Lipinski definition) is 2. The van der Waals surface area contributed by atoms with Crippen molar-refractivity contribution in [2.75, 3.05) is 42.9 Å². The highest BCUT2D eigenvalue weighted by atomic mass is 35.6. The van der Waals surface area contributed by atoms with Crippen LogP contribution in [0.5, 0.6) is 0 Å². The molecule has 0 atom stereocenters. The van der Waals surface area contributed by atoms with E-state index in [-0.39, 0.29) is 0 Å². The first-order valence-corrected chi connectivity index (χ1v) is 8.59. The van der Waals surface area contributed by atoms with E-state index < -0.39 is 9.70 Å². The molecular formula is C14H18Cl4N3O+. The van der Waals surface area contributed by atoms with Crippen LogP contribution in [0.25, 0.3) is 0 Å². The molecule has 0 aliphatic carbocycles. The molecule has 1 aromatic rings. The van der Waals surface area contributed by atoms with E-state index in [2.05, 4.69) is 17.1 Å². The number of piperazine rings is 1. The summed E-state index contributed by atoms with van der Waals surface area (Å²) in [6, 6.07) is 5.31. The van der Waals surface area contributed by atoms with Gasteiger partial charge in [0.1, 0.15) is 0 Å². The van der Waals surface area contributed by atoms with Gasteiger partial charge in [-0.15, -0.1) is 0 Å². The van der Waals surface area contributed by atoms with Crippen molar-refractivity contribution in [3.05, 3.63) is 23.2 Å². The molecule has 1 heterocycles. The number of anilines is 2. The molecule has 0 spiro atoms. The van der Waals surface area contributed by atoms with E-state index in [0.29, 0.717) is 10.7 Å². The lowest BCUT2D eigenvalue weighted by molar-refractivity contribution is -0.898. The largest absolute Gasteiger partial charge is 0.357 e. The van der Waals surface area contributed by atoms with Gasteiger partial charge in [-0.1, -0.05) is 52.5 Å². The lowest BCUT2D eigenvalue weighted by atomic mass is 10.2. The third-order valence-electron chi connectivity index (χ3n) is 3.78. The van der Waals surface area contributed by atoms with Gasteiger partial charge in [0.15, 0.2) is 0 Å². The predicted molar refractivity (Wildman–Crippen MR) is 93.8 cm³/mol. The number of halogens is 4. The fraction of sp³-hybridized carbons (Fsp3) is 0.500. The maximum atomic E-state index is 11.9. The van der Waals surface area contributed by atoms with Crippen LogP contribution in [0, 0.1) is 0 Å². The fourth-order valence-corrected chi connectivity index (χ4v) is 2.97. The Morgan fingerprint density at radius 1 is 1.32 bits per heavy atom. The van der Waals surface area contributed by atoms with Crippen molar-refractivity contribution < 1.29 is 9.69 Å². The number of benzene rings is 1. The van der Waals surface area contributed by atoms with Crippen LogP contribution in [0.1, 0.15) is 6.92 Å². The topological polar surface area (TPSA) is 36.8 Å². The van der Waals surface area contributed by atoms with E-state index in [0.717, 1.165) is 38.4 Å². The molecule has 8 heteroatoms. The van der Waals surface area contributed by atoms with Gasteiger partial charge in [-0.3, -0.25) is 4.79 Å². The summed E-state index contributed by atoms with van der Waals surface area (Å²) < 4.78 is -2.01. The molecule has 1 aliphatic heterocycles. The highest BCUT2D eigenvalue weighted by molar-refractivity contribution is 6.76. The normalized spacial score (nSPS) is 16.7. The molecule has 2 N–H and O–H groups in total. The molecule has 1 saturated heterocycles. The molecule has 4 nitrogen and oxygen atoms in total. The van der Waals surface area contributed by atoms with Crippen LogP contribution in [0.4, 0.5) is 11.4 Å². The average molecular weight is 386 g/mol. The maximum absolute atomic E-state index is 11.9. The van der Waals surface area contributed by atoms with Gasteiger partial charge in [0.25, 0.3) is 9.70 Å². The average Bonchev–Trinajstić information content (AvgIpc) is 2.47. The number of alkyl halides is 3. The van der Waals surface area contributed by atoms with Gasteiger partial charge in [-0.25, -0.2) is 0 Å². The van der Waals surface area contributed by atoms with Crippen LogP contribution in [0.2, 0.25) is 5.02 Å².